The average Bonchev–Trinajstić information content (AvgIpc) is 2.62. The van der Waals surface area contributed by atoms with Gasteiger partial charge in [0.25, 0.3) is 0 Å². The summed E-state index contributed by atoms with van der Waals surface area (Å²) in [4.78, 5) is 10.1. The van der Waals surface area contributed by atoms with Crippen molar-refractivity contribution in [3.63, 3.8) is 0 Å². The molecule has 1 heterocycles. The van der Waals surface area contributed by atoms with Gasteiger partial charge in [-0.05, 0) is 11.1 Å². The van der Waals surface area contributed by atoms with Gasteiger partial charge in [0.15, 0.2) is 0 Å². The summed E-state index contributed by atoms with van der Waals surface area (Å²) in [5.41, 5.74) is 7.67. The largest absolute Gasteiger partial charge is 0.387 e. The smallest absolute Gasteiger partial charge is 0.223 e. The molecule has 0 aliphatic carbocycles. The van der Waals surface area contributed by atoms with Crippen molar-refractivity contribution in [2.75, 3.05) is 17.2 Å². The topological polar surface area (TPSA) is 75.3 Å². The molecule has 1 unspecified atom stereocenters. The lowest BCUT2D eigenvalue weighted by molar-refractivity contribution is 0.182. The number of benzene rings is 2. The number of anilines is 2. The number of aliphatic hydroxyl groups is 1. The third-order valence-corrected chi connectivity index (χ3v) is 4.01. The van der Waals surface area contributed by atoms with Crippen LogP contribution in [0.2, 0.25) is 5.15 Å². The summed E-state index contributed by atoms with van der Waals surface area (Å²) in [5.74, 6) is 0.686. The standard InChI is InChI=1S/C19H19ClN4O/c20-17-11-18(23-19(21)22-17)24(12-14-7-3-1-4-8-14)13-16(25)15-9-5-2-6-10-15/h1-11,16,25H,12-13H2,(H2,21,22,23). The van der Waals surface area contributed by atoms with Crippen LogP contribution in [0.15, 0.2) is 66.7 Å². The van der Waals surface area contributed by atoms with Crippen LogP contribution in [0, 0.1) is 0 Å². The van der Waals surface area contributed by atoms with E-state index in [1.54, 1.807) is 6.07 Å². The predicted octanol–water partition coefficient (Wildman–Crippen LogP) is 3.45. The number of aliphatic hydroxyl groups excluding tert-OH is 1. The van der Waals surface area contributed by atoms with Crippen LogP contribution in [0.3, 0.4) is 0 Å². The Labute approximate surface area is 151 Å². The van der Waals surface area contributed by atoms with Crippen LogP contribution in [-0.2, 0) is 6.54 Å². The van der Waals surface area contributed by atoms with E-state index in [0.29, 0.717) is 18.9 Å². The molecule has 0 aliphatic rings. The third kappa shape index (κ3) is 4.68. The Morgan fingerprint density at radius 1 is 1.00 bits per heavy atom. The van der Waals surface area contributed by atoms with Gasteiger partial charge in [-0.2, -0.15) is 4.98 Å². The van der Waals surface area contributed by atoms with Crippen LogP contribution in [0.25, 0.3) is 0 Å². The molecule has 3 aromatic rings. The number of hydrogen-bond donors (Lipinski definition) is 2. The monoisotopic (exact) mass is 354 g/mol. The molecule has 25 heavy (non-hydrogen) atoms. The molecule has 128 valence electrons. The maximum Gasteiger partial charge on any atom is 0.223 e. The summed E-state index contributed by atoms with van der Waals surface area (Å²) in [5, 5.41) is 10.9. The van der Waals surface area contributed by atoms with Gasteiger partial charge in [0.05, 0.1) is 6.10 Å². The van der Waals surface area contributed by atoms with E-state index >= 15 is 0 Å². The normalized spacial score (nSPS) is 11.9. The number of nitrogens with zero attached hydrogens (tertiary/aromatic N) is 3. The number of nitrogen functional groups attached to an aromatic ring is 1. The molecular weight excluding hydrogens is 336 g/mol. The van der Waals surface area contributed by atoms with Gasteiger partial charge in [0, 0.05) is 19.2 Å². The molecule has 0 radical (unpaired) electrons. The number of nitrogens with two attached hydrogens (primary N) is 1. The Bertz CT molecular complexity index is 794. The van der Waals surface area contributed by atoms with E-state index in [2.05, 4.69) is 9.97 Å². The first kappa shape index (κ1) is 17.2. The van der Waals surface area contributed by atoms with Crippen molar-refractivity contribution in [2.24, 2.45) is 0 Å². The van der Waals surface area contributed by atoms with Crippen LogP contribution in [-0.4, -0.2) is 21.6 Å². The average molecular weight is 355 g/mol. The molecule has 0 bridgehead atoms. The van der Waals surface area contributed by atoms with Crippen molar-refractivity contribution < 1.29 is 5.11 Å². The SMILES string of the molecule is Nc1nc(Cl)cc(N(Cc2ccccc2)CC(O)c2ccccc2)n1. The van der Waals surface area contributed by atoms with Gasteiger partial charge in [0.2, 0.25) is 5.95 Å². The molecular formula is C19H19ClN4O. The lowest BCUT2D eigenvalue weighted by Crippen LogP contribution is -2.29. The second kappa shape index (κ2) is 7.96. The number of aromatic nitrogens is 2. The van der Waals surface area contributed by atoms with Crippen molar-refractivity contribution in [2.45, 2.75) is 12.6 Å². The number of halogens is 1. The molecule has 3 N–H and O–H groups in total. The summed E-state index contributed by atoms with van der Waals surface area (Å²) in [6.07, 6.45) is -0.667. The molecule has 3 rings (SSSR count). The number of hydrogen-bond acceptors (Lipinski definition) is 5. The molecule has 0 amide bonds. The lowest BCUT2D eigenvalue weighted by atomic mass is 10.1. The van der Waals surface area contributed by atoms with Gasteiger partial charge in [-0.15, -0.1) is 0 Å². The molecule has 1 atom stereocenters. The number of rotatable bonds is 6. The van der Waals surface area contributed by atoms with Crippen molar-refractivity contribution in [1.82, 2.24) is 9.97 Å². The molecule has 5 nitrogen and oxygen atoms in total. The summed E-state index contributed by atoms with van der Waals surface area (Å²) < 4.78 is 0. The fourth-order valence-electron chi connectivity index (χ4n) is 2.62. The van der Waals surface area contributed by atoms with E-state index in [4.69, 9.17) is 17.3 Å². The fraction of sp³-hybridized carbons (Fsp3) is 0.158. The van der Waals surface area contributed by atoms with Crippen LogP contribution in [0.1, 0.15) is 17.2 Å². The molecule has 0 saturated heterocycles. The third-order valence-electron chi connectivity index (χ3n) is 3.82. The zero-order valence-electron chi connectivity index (χ0n) is 13.6. The Morgan fingerprint density at radius 3 is 2.28 bits per heavy atom. The molecule has 0 aliphatic heterocycles. The highest BCUT2D eigenvalue weighted by atomic mass is 35.5. The van der Waals surface area contributed by atoms with E-state index in [0.717, 1.165) is 11.1 Å². The summed E-state index contributed by atoms with van der Waals surface area (Å²) in [6.45, 7) is 0.920. The zero-order valence-corrected chi connectivity index (χ0v) is 14.3. The van der Waals surface area contributed by atoms with Crippen LogP contribution < -0.4 is 10.6 Å². The van der Waals surface area contributed by atoms with E-state index in [9.17, 15) is 5.11 Å². The highest BCUT2D eigenvalue weighted by Gasteiger charge is 2.17. The first-order chi connectivity index (χ1) is 12.1. The second-order valence-electron chi connectivity index (χ2n) is 5.70. The Balaban J connectivity index is 1.88. The molecule has 6 heteroatoms. The fourth-order valence-corrected chi connectivity index (χ4v) is 2.80. The minimum atomic E-state index is -0.667. The molecule has 2 aromatic carbocycles. The van der Waals surface area contributed by atoms with Crippen molar-refractivity contribution >= 4 is 23.4 Å². The van der Waals surface area contributed by atoms with E-state index < -0.39 is 6.10 Å². The zero-order chi connectivity index (χ0) is 17.6. The van der Waals surface area contributed by atoms with Gasteiger partial charge in [-0.1, -0.05) is 72.3 Å². The summed E-state index contributed by atoms with van der Waals surface area (Å²) in [6, 6.07) is 21.1. The van der Waals surface area contributed by atoms with Crippen LogP contribution in [0.5, 0.6) is 0 Å². The maximum absolute atomic E-state index is 10.6. The molecule has 0 spiro atoms. The van der Waals surface area contributed by atoms with Crippen molar-refractivity contribution in [1.29, 1.82) is 0 Å². The minimum Gasteiger partial charge on any atom is -0.387 e. The van der Waals surface area contributed by atoms with E-state index in [1.165, 1.54) is 0 Å². The van der Waals surface area contributed by atoms with Crippen LogP contribution in [0.4, 0.5) is 11.8 Å². The minimum absolute atomic E-state index is 0.106. The van der Waals surface area contributed by atoms with Gasteiger partial charge >= 0.3 is 0 Å². The first-order valence-electron chi connectivity index (χ1n) is 7.94. The van der Waals surface area contributed by atoms with Crippen molar-refractivity contribution in [3.8, 4) is 0 Å². The lowest BCUT2D eigenvalue weighted by Gasteiger charge is -2.27. The molecule has 0 fully saturated rings. The highest BCUT2D eigenvalue weighted by molar-refractivity contribution is 6.29. The van der Waals surface area contributed by atoms with E-state index in [-0.39, 0.29) is 11.1 Å². The molecule has 1 aromatic heterocycles. The maximum atomic E-state index is 10.6. The second-order valence-corrected chi connectivity index (χ2v) is 6.09. The van der Waals surface area contributed by atoms with Gasteiger partial charge < -0.3 is 15.7 Å². The first-order valence-corrected chi connectivity index (χ1v) is 8.31. The quantitative estimate of drug-likeness (QED) is 0.663. The van der Waals surface area contributed by atoms with Gasteiger partial charge in [-0.3, -0.25) is 0 Å². The van der Waals surface area contributed by atoms with Gasteiger partial charge in [-0.25, -0.2) is 4.98 Å². The highest BCUT2D eigenvalue weighted by Crippen LogP contribution is 2.23. The van der Waals surface area contributed by atoms with Crippen LogP contribution >= 0.6 is 11.6 Å². The Hall–Kier alpha value is -2.63. The Kier molecular flexibility index (Phi) is 5.48. The predicted molar refractivity (Wildman–Crippen MR) is 100 cm³/mol. The molecule has 0 saturated carbocycles. The Morgan fingerprint density at radius 2 is 1.64 bits per heavy atom. The van der Waals surface area contributed by atoms with Gasteiger partial charge in [0.1, 0.15) is 11.0 Å². The summed E-state index contributed by atoms with van der Waals surface area (Å²) >= 11 is 6.03. The summed E-state index contributed by atoms with van der Waals surface area (Å²) in [7, 11) is 0. The van der Waals surface area contributed by atoms with E-state index in [1.807, 2.05) is 65.6 Å². The van der Waals surface area contributed by atoms with Crippen molar-refractivity contribution in [3.05, 3.63) is 83.0 Å².